The Morgan fingerprint density at radius 3 is 2.60 bits per heavy atom. The summed E-state index contributed by atoms with van der Waals surface area (Å²) in [5.74, 6) is 1.29. The van der Waals surface area contributed by atoms with Crippen molar-refractivity contribution in [3.05, 3.63) is 28.2 Å². The van der Waals surface area contributed by atoms with Crippen LogP contribution in [0.2, 0.25) is 0 Å². The van der Waals surface area contributed by atoms with Crippen LogP contribution in [0.4, 0.5) is 0 Å². The highest BCUT2D eigenvalue weighted by atomic mass is 79.9. The van der Waals surface area contributed by atoms with Gasteiger partial charge in [0.2, 0.25) is 5.91 Å². The molecule has 1 aromatic rings. The van der Waals surface area contributed by atoms with Crippen molar-refractivity contribution in [2.75, 3.05) is 20.2 Å². The highest BCUT2D eigenvalue weighted by molar-refractivity contribution is 9.10. The van der Waals surface area contributed by atoms with Crippen LogP contribution in [0, 0.1) is 5.92 Å². The Morgan fingerprint density at radius 1 is 1.35 bits per heavy atom. The molecule has 0 saturated carbocycles. The number of amides is 1. The number of carbonyl (C=O) groups is 1. The Hall–Kier alpha value is -1.07. The van der Waals surface area contributed by atoms with Gasteiger partial charge in [0.25, 0.3) is 0 Å². The maximum atomic E-state index is 11.6. The number of hydrogen-bond donors (Lipinski definition) is 2. The molecule has 1 atom stereocenters. The maximum Gasteiger partial charge on any atom is 0.233 e. The van der Waals surface area contributed by atoms with E-state index in [1.165, 1.54) is 0 Å². The SMILES string of the molecule is COc1ccc([C@H](C)NCC(=O)NCC(C)C)cc1Br. The van der Waals surface area contributed by atoms with E-state index in [1.54, 1.807) is 7.11 Å². The normalized spacial score (nSPS) is 12.3. The molecule has 0 aromatic heterocycles. The minimum Gasteiger partial charge on any atom is -0.496 e. The van der Waals surface area contributed by atoms with Crippen molar-refractivity contribution in [2.45, 2.75) is 26.8 Å². The van der Waals surface area contributed by atoms with E-state index in [2.05, 4.69) is 40.4 Å². The first-order chi connectivity index (χ1) is 9.43. The van der Waals surface area contributed by atoms with Crippen molar-refractivity contribution < 1.29 is 9.53 Å². The van der Waals surface area contributed by atoms with E-state index in [1.807, 2.05) is 25.1 Å². The van der Waals surface area contributed by atoms with E-state index in [0.717, 1.165) is 15.8 Å². The lowest BCUT2D eigenvalue weighted by atomic mass is 10.1. The molecule has 0 aliphatic rings. The summed E-state index contributed by atoms with van der Waals surface area (Å²) in [4.78, 5) is 11.6. The molecule has 0 radical (unpaired) electrons. The first kappa shape index (κ1) is 17.0. The van der Waals surface area contributed by atoms with Crippen molar-refractivity contribution in [1.82, 2.24) is 10.6 Å². The topological polar surface area (TPSA) is 50.4 Å². The standard InChI is InChI=1S/C15H23BrN2O2/c1-10(2)8-18-15(19)9-17-11(3)12-5-6-14(20-4)13(16)7-12/h5-7,10-11,17H,8-9H2,1-4H3,(H,18,19)/t11-/m0/s1. The maximum absolute atomic E-state index is 11.6. The zero-order valence-corrected chi connectivity index (χ0v) is 14.1. The summed E-state index contributed by atoms with van der Waals surface area (Å²) < 4.78 is 6.11. The third kappa shape index (κ3) is 5.51. The molecule has 1 amide bonds. The Bertz CT molecular complexity index is 449. The first-order valence-corrected chi connectivity index (χ1v) is 7.56. The van der Waals surface area contributed by atoms with E-state index < -0.39 is 0 Å². The molecule has 0 bridgehead atoms. The van der Waals surface area contributed by atoms with Crippen LogP contribution in [-0.4, -0.2) is 26.1 Å². The number of nitrogens with one attached hydrogen (secondary N) is 2. The van der Waals surface area contributed by atoms with E-state index in [0.29, 0.717) is 19.0 Å². The quantitative estimate of drug-likeness (QED) is 0.800. The lowest BCUT2D eigenvalue weighted by Gasteiger charge is -2.16. The van der Waals surface area contributed by atoms with Gasteiger partial charge in [-0.05, 0) is 46.5 Å². The fourth-order valence-electron chi connectivity index (χ4n) is 1.70. The predicted octanol–water partition coefficient (Wildman–Crippen LogP) is 2.88. The van der Waals surface area contributed by atoms with E-state index >= 15 is 0 Å². The second kappa shape index (κ2) is 8.27. The molecule has 0 unspecified atom stereocenters. The third-order valence-corrected chi connectivity index (χ3v) is 3.57. The molecule has 2 N–H and O–H groups in total. The van der Waals surface area contributed by atoms with Crippen molar-refractivity contribution in [1.29, 1.82) is 0 Å². The second-order valence-corrected chi connectivity index (χ2v) is 6.05. The predicted molar refractivity (Wildman–Crippen MR) is 85.0 cm³/mol. The summed E-state index contributed by atoms with van der Waals surface area (Å²) in [6.07, 6.45) is 0. The van der Waals surface area contributed by atoms with Gasteiger partial charge in [0, 0.05) is 12.6 Å². The van der Waals surface area contributed by atoms with Crippen LogP contribution in [0.1, 0.15) is 32.4 Å². The highest BCUT2D eigenvalue weighted by Crippen LogP contribution is 2.27. The van der Waals surface area contributed by atoms with E-state index in [-0.39, 0.29) is 11.9 Å². The van der Waals surface area contributed by atoms with Gasteiger partial charge in [0.1, 0.15) is 5.75 Å². The molecule has 1 rings (SSSR count). The fraction of sp³-hybridized carbons (Fsp3) is 0.533. The fourth-order valence-corrected chi connectivity index (χ4v) is 2.25. The highest BCUT2D eigenvalue weighted by Gasteiger charge is 2.10. The van der Waals surface area contributed by atoms with Crippen LogP contribution >= 0.6 is 15.9 Å². The lowest BCUT2D eigenvalue weighted by molar-refractivity contribution is -0.120. The van der Waals surface area contributed by atoms with Crippen LogP contribution in [0.25, 0.3) is 0 Å². The third-order valence-electron chi connectivity index (χ3n) is 2.95. The van der Waals surface area contributed by atoms with Gasteiger partial charge in [-0.2, -0.15) is 0 Å². The van der Waals surface area contributed by atoms with Gasteiger partial charge < -0.3 is 15.4 Å². The number of carbonyl (C=O) groups excluding carboxylic acids is 1. The van der Waals surface area contributed by atoms with Gasteiger partial charge >= 0.3 is 0 Å². The Balaban J connectivity index is 2.48. The molecular weight excluding hydrogens is 320 g/mol. The molecule has 20 heavy (non-hydrogen) atoms. The average Bonchev–Trinajstić information content (AvgIpc) is 2.42. The first-order valence-electron chi connectivity index (χ1n) is 6.77. The van der Waals surface area contributed by atoms with Gasteiger partial charge in [-0.15, -0.1) is 0 Å². The summed E-state index contributed by atoms with van der Waals surface area (Å²) >= 11 is 3.46. The van der Waals surface area contributed by atoms with Gasteiger partial charge in [-0.25, -0.2) is 0 Å². The minimum absolute atomic E-state index is 0.0260. The summed E-state index contributed by atoms with van der Waals surface area (Å²) in [6, 6.07) is 6.01. The number of halogens is 1. The van der Waals surface area contributed by atoms with Gasteiger partial charge in [0.15, 0.2) is 0 Å². The van der Waals surface area contributed by atoms with E-state index in [9.17, 15) is 4.79 Å². The summed E-state index contributed by atoms with van der Waals surface area (Å²) in [5.41, 5.74) is 1.11. The van der Waals surface area contributed by atoms with Crippen molar-refractivity contribution in [2.24, 2.45) is 5.92 Å². The molecule has 0 saturated heterocycles. The van der Waals surface area contributed by atoms with Crippen molar-refractivity contribution >= 4 is 21.8 Å². The molecule has 112 valence electrons. The largest absolute Gasteiger partial charge is 0.496 e. The Kier molecular flexibility index (Phi) is 7.02. The van der Waals surface area contributed by atoms with Crippen LogP contribution < -0.4 is 15.4 Å². The smallest absolute Gasteiger partial charge is 0.233 e. The van der Waals surface area contributed by atoms with Crippen LogP contribution in [0.5, 0.6) is 5.75 Å². The molecule has 1 aromatic carbocycles. The molecule has 0 fully saturated rings. The van der Waals surface area contributed by atoms with Crippen molar-refractivity contribution in [3.63, 3.8) is 0 Å². The number of ether oxygens (including phenoxy) is 1. The number of benzene rings is 1. The zero-order chi connectivity index (χ0) is 15.1. The lowest BCUT2D eigenvalue weighted by Crippen LogP contribution is -2.36. The summed E-state index contributed by atoms with van der Waals surface area (Å²) in [5, 5.41) is 6.10. The van der Waals surface area contributed by atoms with Crippen LogP contribution in [0.3, 0.4) is 0 Å². The minimum atomic E-state index is 0.0260. The monoisotopic (exact) mass is 342 g/mol. The van der Waals surface area contributed by atoms with Crippen molar-refractivity contribution in [3.8, 4) is 5.75 Å². The van der Waals surface area contributed by atoms with Gasteiger partial charge in [0.05, 0.1) is 18.1 Å². The average molecular weight is 343 g/mol. The number of rotatable bonds is 7. The molecule has 0 spiro atoms. The Morgan fingerprint density at radius 2 is 2.05 bits per heavy atom. The van der Waals surface area contributed by atoms with Crippen LogP contribution in [-0.2, 0) is 4.79 Å². The van der Waals surface area contributed by atoms with Crippen LogP contribution in [0.15, 0.2) is 22.7 Å². The molecular formula is C15H23BrN2O2. The number of hydrogen-bond acceptors (Lipinski definition) is 3. The molecule has 0 aliphatic carbocycles. The zero-order valence-electron chi connectivity index (χ0n) is 12.5. The number of methoxy groups -OCH3 is 1. The summed E-state index contributed by atoms with van der Waals surface area (Å²) in [6.45, 7) is 7.21. The molecule has 0 aliphatic heterocycles. The molecule has 0 heterocycles. The van der Waals surface area contributed by atoms with E-state index in [4.69, 9.17) is 4.74 Å². The summed E-state index contributed by atoms with van der Waals surface area (Å²) in [7, 11) is 1.64. The van der Waals surface area contributed by atoms with Gasteiger partial charge in [-0.3, -0.25) is 4.79 Å². The second-order valence-electron chi connectivity index (χ2n) is 5.19. The Labute approximate surface area is 129 Å². The molecule has 5 heteroatoms. The molecule has 4 nitrogen and oxygen atoms in total. The van der Waals surface area contributed by atoms with Gasteiger partial charge in [-0.1, -0.05) is 19.9 Å².